The maximum atomic E-state index is 9.12. The van der Waals surface area contributed by atoms with E-state index in [1.807, 2.05) is 0 Å². The van der Waals surface area contributed by atoms with Crippen LogP contribution in [0.25, 0.3) is 0 Å². The number of hydrogen-bond donors (Lipinski definition) is 4. The van der Waals surface area contributed by atoms with Crippen LogP contribution in [0, 0.1) is 0 Å². The number of nitrogen functional groups attached to an aromatic ring is 1. The Hall–Kier alpha value is -1.67. The van der Waals surface area contributed by atoms with Crippen LogP contribution in [0.4, 0.5) is 11.9 Å². The number of aromatic nitrogens is 3. The molecule has 0 aliphatic heterocycles. The van der Waals surface area contributed by atoms with Crippen molar-refractivity contribution in [2.45, 2.75) is 13.0 Å². The van der Waals surface area contributed by atoms with E-state index >= 15 is 0 Å². The second-order valence-electron chi connectivity index (χ2n) is 2.95. The highest BCUT2D eigenvalue weighted by atomic mass is 16.5. The van der Waals surface area contributed by atoms with Crippen LogP contribution in [0.5, 0.6) is 6.01 Å². The Labute approximate surface area is 92.5 Å². The fourth-order valence-electron chi connectivity index (χ4n) is 0.918. The first-order valence-electron chi connectivity index (χ1n) is 4.82. The summed E-state index contributed by atoms with van der Waals surface area (Å²) < 4.78 is 5.07. The molecule has 8 heteroatoms. The van der Waals surface area contributed by atoms with Crippen molar-refractivity contribution < 1.29 is 14.9 Å². The highest BCUT2D eigenvalue weighted by molar-refractivity contribution is 5.32. The molecule has 16 heavy (non-hydrogen) atoms. The molecule has 0 spiro atoms. The quantitative estimate of drug-likeness (QED) is 0.470. The zero-order valence-corrected chi connectivity index (χ0v) is 8.92. The zero-order valence-electron chi connectivity index (χ0n) is 8.92. The van der Waals surface area contributed by atoms with Crippen LogP contribution in [0.1, 0.15) is 6.92 Å². The molecule has 0 fully saturated rings. The predicted octanol–water partition coefficient (Wildman–Crippen LogP) is -1.38. The molecule has 1 aromatic heterocycles. The minimum absolute atomic E-state index is 0.0273. The van der Waals surface area contributed by atoms with E-state index < -0.39 is 6.10 Å². The lowest BCUT2D eigenvalue weighted by Crippen LogP contribution is -2.24. The molecular formula is C8H15N5O3. The molecule has 0 bridgehead atoms. The summed E-state index contributed by atoms with van der Waals surface area (Å²) in [5, 5.41) is 20.4. The zero-order chi connectivity index (χ0) is 12.0. The number of ether oxygens (including phenoxy) is 1. The largest absolute Gasteiger partial charge is 0.464 e. The molecule has 1 aromatic rings. The normalized spacial score (nSPS) is 12.2. The fourth-order valence-corrected chi connectivity index (χ4v) is 0.918. The third-order valence-electron chi connectivity index (χ3n) is 1.61. The van der Waals surface area contributed by atoms with Crippen LogP contribution in [0.2, 0.25) is 0 Å². The first-order valence-corrected chi connectivity index (χ1v) is 4.82. The summed E-state index contributed by atoms with van der Waals surface area (Å²) in [6.07, 6.45) is -0.881. The lowest BCUT2D eigenvalue weighted by atomic mass is 10.4. The fraction of sp³-hybridized carbons (Fsp3) is 0.625. The van der Waals surface area contributed by atoms with Crippen LogP contribution in [-0.2, 0) is 0 Å². The summed E-state index contributed by atoms with van der Waals surface area (Å²) in [6, 6.07) is 0.121. The number of nitrogens with zero attached hydrogens (tertiary/aromatic N) is 3. The highest BCUT2D eigenvalue weighted by Crippen LogP contribution is 2.08. The van der Waals surface area contributed by atoms with Crippen molar-refractivity contribution in [3.8, 4) is 6.01 Å². The van der Waals surface area contributed by atoms with Crippen molar-refractivity contribution in [2.75, 3.05) is 30.8 Å². The predicted molar refractivity (Wildman–Crippen MR) is 57.0 cm³/mol. The first kappa shape index (κ1) is 12.4. The summed E-state index contributed by atoms with van der Waals surface area (Å²) in [5.41, 5.74) is 5.43. The monoisotopic (exact) mass is 229 g/mol. The number of aliphatic hydroxyl groups is 2. The molecule has 0 amide bonds. The molecule has 0 aliphatic carbocycles. The van der Waals surface area contributed by atoms with Crippen molar-refractivity contribution in [3.05, 3.63) is 0 Å². The molecule has 8 nitrogen and oxygen atoms in total. The average molecular weight is 229 g/mol. The molecule has 5 N–H and O–H groups in total. The minimum atomic E-state index is -0.881. The van der Waals surface area contributed by atoms with Gasteiger partial charge in [0.05, 0.1) is 19.3 Å². The number of hydrogen-bond acceptors (Lipinski definition) is 8. The second kappa shape index (κ2) is 6.03. The van der Waals surface area contributed by atoms with Crippen molar-refractivity contribution >= 4 is 11.9 Å². The number of nitrogens with one attached hydrogen (secondary N) is 1. The van der Waals surface area contributed by atoms with Crippen LogP contribution in [0.3, 0.4) is 0 Å². The summed E-state index contributed by atoms with van der Waals surface area (Å²) in [5.74, 6) is 0.225. The lowest BCUT2D eigenvalue weighted by Gasteiger charge is -2.09. The number of rotatable bonds is 6. The summed E-state index contributed by atoms with van der Waals surface area (Å²) in [6.45, 7) is 1.99. The van der Waals surface area contributed by atoms with Gasteiger partial charge >= 0.3 is 6.01 Å². The number of anilines is 2. The van der Waals surface area contributed by atoms with Crippen molar-refractivity contribution in [3.63, 3.8) is 0 Å². The van der Waals surface area contributed by atoms with Crippen LogP contribution in [-0.4, -0.2) is 51.0 Å². The van der Waals surface area contributed by atoms with Crippen LogP contribution >= 0.6 is 0 Å². The van der Waals surface area contributed by atoms with Crippen molar-refractivity contribution in [2.24, 2.45) is 0 Å². The Morgan fingerprint density at radius 1 is 1.44 bits per heavy atom. The smallest absolute Gasteiger partial charge is 0.323 e. The maximum Gasteiger partial charge on any atom is 0.323 e. The van der Waals surface area contributed by atoms with Gasteiger partial charge in [-0.2, -0.15) is 15.0 Å². The standard InChI is InChI=1S/C8H15N5O3/c1-2-16-8-12-6(9)11-7(13-8)10-3-5(15)4-14/h5,14-15H,2-4H2,1H3,(H3,9,10,11,12,13). The van der Waals surface area contributed by atoms with Gasteiger partial charge in [0.25, 0.3) is 0 Å². The van der Waals surface area contributed by atoms with Gasteiger partial charge in [0.1, 0.15) is 0 Å². The average Bonchev–Trinajstić information content (AvgIpc) is 2.25. The molecule has 0 aliphatic rings. The van der Waals surface area contributed by atoms with E-state index in [1.165, 1.54) is 0 Å². The Kier molecular flexibility index (Phi) is 4.67. The Morgan fingerprint density at radius 2 is 2.19 bits per heavy atom. The number of nitrogens with two attached hydrogens (primary N) is 1. The van der Waals surface area contributed by atoms with Gasteiger partial charge in [0, 0.05) is 6.54 Å². The second-order valence-corrected chi connectivity index (χ2v) is 2.95. The SMILES string of the molecule is CCOc1nc(N)nc(NCC(O)CO)n1. The maximum absolute atomic E-state index is 9.12. The Morgan fingerprint density at radius 3 is 2.81 bits per heavy atom. The first-order chi connectivity index (χ1) is 7.65. The number of aliphatic hydroxyl groups excluding tert-OH is 2. The van der Waals surface area contributed by atoms with E-state index in [2.05, 4.69) is 20.3 Å². The molecule has 0 saturated heterocycles. The van der Waals surface area contributed by atoms with E-state index in [4.69, 9.17) is 20.7 Å². The summed E-state index contributed by atoms with van der Waals surface area (Å²) >= 11 is 0. The topological polar surface area (TPSA) is 126 Å². The third kappa shape index (κ3) is 3.83. The Bertz CT molecular complexity index is 335. The highest BCUT2D eigenvalue weighted by Gasteiger charge is 2.07. The van der Waals surface area contributed by atoms with Crippen molar-refractivity contribution in [1.29, 1.82) is 0 Å². The molecule has 1 heterocycles. The lowest BCUT2D eigenvalue weighted by molar-refractivity contribution is 0.105. The van der Waals surface area contributed by atoms with Gasteiger partial charge in [-0.1, -0.05) is 0 Å². The third-order valence-corrected chi connectivity index (χ3v) is 1.61. The van der Waals surface area contributed by atoms with Crippen molar-refractivity contribution in [1.82, 2.24) is 15.0 Å². The van der Waals surface area contributed by atoms with Gasteiger partial charge in [0.15, 0.2) is 0 Å². The van der Waals surface area contributed by atoms with Crippen LogP contribution in [0.15, 0.2) is 0 Å². The van der Waals surface area contributed by atoms with Gasteiger partial charge in [-0.15, -0.1) is 0 Å². The minimum Gasteiger partial charge on any atom is -0.464 e. The van der Waals surface area contributed by atoms with E-state index in [1.54, 1.807) is 6.92 Å². The van der Waals surface area contributed by atoms with Gasteiger partial charge in [-0.05, 0) is 6.92 Å². The van der Waals surface area contributed by atoms with Gasteiger partial charge < -0.3 is 26.0 Å². The molecule has 0 saturated carbocycles. The van der Waals surface area contributed by atoms with E-state index in [9.17, 15) is 0 Å². The van der Waals surface area contributed by atoms with Crippen LogP contribution < -0.4 is 15.8 Å². The van der Waals surface area contributed by atoms with E-state index in [-0.39, 0.29) is 31.1 Å². The Balaban J connectivity index is 2.64. The summed E-state index contributed by atoms with van der Waals surface area (Å²) in [4.78, 5) is 11.4. The molecule has 0 radical (unpaired) electrons. The molecule has 90 valence electrons. The van der Waals surface area contributed by atoms with E-state index in [0.717, 1.165) is 0 Å². The van der Waals surface area contributed by atoms with Gasteiger partial charge in [-0.25, -0.2) is 0 Å². The van der Waals surface area contributed by atoms with E-state index in [0.29, 0.717) is 6.61 Å². The molecule has 0 aromatic carbocycles. The molecule has 1 rings (SSSR count). The van der Waals surface area contributed by atoms with Gasteiger partial charge in [0.2, 0.25) is 11.9 Å². The summed E-state index contributed by atoms with van der Waals surface area (Å²) in [7, 11) is 0. The molecule has 1 atom stereocenters. The van der Waals surface area contributed by atoms with Gasteiger partial charge in [-0.3, -0.25) is 0 Å². The molecule has 1 unspecified atom stereocenters. The molecular weight excluding hydrogens is 214 g/mol.